The fraction of sp³-hybridized carbons (Fsp3) is 0.571. The van der Waals surface area contributed by atoms with Gasteiger partial charge in [0.15, 0.2) is 0 Å². The summed E-state index contributed by atoms with van der Waals surface area (Å²) < 4.78 is 4.44. The number of oxime groups is 1. The zero-order chi connectivity index (χ0) is 9.56. The minimum absolute atomic E-state index is 0.416. The van der Waals surface area contributed by atoms with Crippen LogP contribution in [0.15, 0.2) is 10.1 Å². The van der Waals surface area contributed by atoms with Crippen LogP contribution in [0.1, 0.15) is 13.8 Å². The molecule has 0 bridgehead atoms. The minimum atomic E-state index is -0.562. The molecule has 0 rings (SSSR count). The van der Waals surface area contributed by atoms with Crippen LogP contribution in [-0.2, 0) is 9.53 Å². The normalized spacial score (nSPS) is 14.8. The number of carbonyl (C=O) groups excluding carboxylic acids is 1. The molecule has 12 heavy (non-hydrogen) atoms. The van der Waals surface area contributed by atoms with Crippen LogP contribution in [0.4, 0.5) is 0 Å². The highest BCUT2D eigenvalue weighted by Crippen LogP contribution is 1.92. The van der Waals surface area contributed by atoms with E-state index >= 15 is 0 Å². The Kier molecular flexibility index (Phi) is 4.67. The molecule has 5 heteroatoms. The summed E-state index contributed by atoms with van der Waals surface area (Å²) in [5.74, 6) is -0.416. The van der Waals surface area contributed by atoms with Crippen molar-refractivity contribution in [1.82, 2.24) is 0 Å². The number of aliphatic imine (C=N–C) groups is 1. The molecule has 0 aromatic rings. The van der Waals surface area contributed by atoms with Crippen LogP contribution in [0.25, 0.3) is 0 Å². The van der Waals surface area contributed by atoms with Crippen molar-refractivity contribution in [1.29, 1.82) is 0 Å². The second-order valence-electron chi connectivity index (χ2n) is 2.21. The van der Waals surface area contributed by atoms with E-state index in [4.69, 9.17) is 5.21 Å². The molecule has 0 aromatic carbocycles. The van der Waals surface area contributed by atoms with Crippen LogP contribution in [-0.4, -0.2) is 36.3 Å². The Morgan fingerprint density at radius 3 is 2.67 bits per heavy atom. The van der Waals surface area contributed by atoms with E-state index in [0.717, 1.165) is 6.21 Å². The first kappa shape index (κ1) is 10.6. The molecule has 5 nitrogen and oxygen atoms in total. The maximum atomic E-state index is 10.8. The molecule has 0 unspecified atom stereocenters. The predicted octanol–water partition coefficient (Wildman–Crippen LogP) is 0.469. The Morgan fingerprint density at radius 2 is 2.25 bits per heavy atom. The van der Waals surface area contributed by atoms with Gasteiger partial charge in [0.1, 0.15) is 6.04 Å². The Labute approximate surface area is 70.7 Å². The van der Waals surface area contributed by atoms with Crippen LogP contribution in [0, 0.1) is 0 Å². The second-order valence-corrected chi connectivity index (χ2v) is 2.21. The number of rotatable bonds is 3. The largest absolute Gasteiger partial charge is 0.467 e. The molecule has 0 heterocycles. The van der Waals surface area contributed by atoms with Crippen molar-refractivity contribution in [3.8, 4) is 0 Å². The molecular weight excluding hydrogens is 160 g/mol. The van der Waals surface area contributed by atoms with E-state index < -0.39 is 12.0 Å². The summed E-state index contributed by atoms with van der Waals surface area (Å²) in [6.45, 7) is 3.22. The molecule has 0 radical (unpaired) electrons. The summed E-state index contributed by atoms with van der Waals surface area (Å²) in [6.07, 6.45) is 1.15. The van der Waals surface area contributed by atoms with Gasteiger partial charge in [-0.15, -0.1) is 0 Å². The SMILES string of the molecule is COC(=O)[C@H](C)N=C(C)/C=N/O. The highest BCUT2D eigenvalue weighted by molar-refractivity contribution is 6.29. The summed E-state index contributed by atoms with van der Waals surface area (Å²) in [6, 6.07) is -0.562. The van der Waals surface area contributed by atoms with Crippen LogP contribution < -0.4 is 0 Å². The standard InChI is InChI=1S/C7H12N2O3/c1-5(4-8-11)9-6(2)7(10)12-3/h4,6,11H,1-3H3/b8-4+,9-5?/t6-/m0/s1. The fourth-order valence-electron chi connectivity index (χ4n) is 0.646. The first-order valence-electron chi connectivity index (χ1n) is 3.41. The molecule has 0 aliphatic carbocycles. The number of ether oxygens (including phenoxy) is 1. The molecular formula is C7H12N2O3. The van der Waals surface area contributed by atoms with Crippen molar-refractivity contribution >= 4 is 17.9 Å². The molecule has 1 atom stereocenters. The van der Waals surface area contributed by atoms with Gasteiger partial charge < -0.3 is 9.94 Å². The van der Waals surface area contributed by atoms with Gasteiger partial charge in [-0.3, -0.25) is 4.99 Å². The Balaban J connectivity index is 4.22. The summed E-state index contributed by atoms with van der Waals surface area (Å²) >= 11 is 0. The lowest BCUT2D eigenvalue weighted by molar-refractivity contribution is -0.141. The number of hydrogen-bond acceptors (Lipinski definition) is 5. The zero-order valence-corrected chi connectivity index (χ0v) is 7.31. The van der Waals surface area contributed by atoms with Crippen molar-refractivity contribution < 1.29 is 14.7 Å². The third-order valence-corrected chi connectivity index (χ3v) is 1.18. The Bertz CT molecular complexity index is 211. The van der Waals surface area contributed by atoms with Crippen molar-refractivity contribution in [2.24, 2.45) is 10.1 Å². The molecule has 0 aromatic heterocycles. The van der Waals surface area contributed by atoms with E-state index in [1.165, 1.54) is 7.11 Å². The summed E-state index contributed by atoms with van der Waals surface area (Å²) in [7, 11) is 1.30. The Hall–Kier alpha value is -1.39. The van der Waals surface area contributed by atoms with Crippen molar-refractivity contribution in [3.63, 3.8) is 0 Å². The van der Waals surface area contributed by atoms with Crippen LogP contribution in [0.5, 0.6) is 0 Å². The summed E-state index contributed by atoms with van der Waals surface area (Å²) in [5.41, 5.74) is 0.468. The van der Waals surface area contributed by atoms with Gasteiger partial charge in [0.05, 0.1) is 19.0 Å². The fourth-order valence-corrected chi connectivity index (χ4v) is 0.646. The van der Waals surface area contributed by atoms with E-state index in [9.17, 15) is 4.79 Å². The lowest BCUT2D eigenvalue weighted by Crippen LogP contribution is -2.17. The lowest BCUT2D eigenvalue weighted by atomic mass is 10.3. The highest BCUT2D eigenvalue weighted by Gasteiger charge is 2.10. The molecule has 0 fully saturated rings. The smallest absolute Gasteiger partial charge is 0.330 e. The summed E-state index contributed by atoms with van der Waals surface area (Å²) in [4.78, 5) is 14.7. The average molecular weight is 172 g/mol. The van der Waals surface area contributed by atoms with Crippen LogP contribution >= 0.6 is 0 Å². The van der Waals surface area contributed by atoms with E-state index in [0.29, 0.717) is 5.71 Å². The van der Waals surface area contributed by atoms with Crippen LogP contribution in [0.2, 0.25) is 0 Å². The maximum absolute atomic E-state index is 10.8. The van der Waals surface area contributed by atoms with Crippen molar-refractivity contribution in [2.45, 2.75) is 19.9 Å². The average Bonchev–Trinajstić information content (AvgIpc) is 2.03. The minimum Gasteiger partial charge on any atom is -0.467 e. The molecule has 0 spiro atoms. The monoisotopic (exact) mass is 172 g/mol. The number of esters is 1. The molecule has 0 saturated heterocycles. The van der Waals surface area contributed by atoms with Gasteiger partial charge in [0.2, 0.25) is 0 Å². The first-order chi connectivity index (χ1) is 5.61. The van der Waals surface area contributed by atoms with Gasteiger partial charge >= 0.3 is 5.97 Å². The van der Waals surface area contributed by atoms with Crippen LogP contribution in [0.3, 0.4) is 0 Å². The maximum Gasteiger partial charge on any atom is 0.330 e. The Morgan fingerprint density at radius 1 is 1.67 bits per heavy atom. The number of carbonyl (C=O) groups is 1. The van der Waals surface area contributed by atoms with E-state index in [-0.39, 0.29) is 0 Å². The molecule has 0 aliphatic heterocycles. The zero-order valence-electron chi connectivity index (χ0n) is 7.31. The molecule has 68 valence electrons. The van der Waals surface area contributed by atoms with E-state index in [1.54, 1.807) is 13.8 Å². The number of nitrogens with zero attached hydrogens (tertiary/aromatic N) is 2. The summed E-state index contributed by atoms with van der Waals surface area (Å²) in [5, 5.41) is 10.9. The van der Waals surface area contributed by atoms with Gasteiger partial charge in [0.25, 0.3) is 0 Å². The van der Waals surface area contributed by atoms with E-state index in [1.807, 2.05) is 0 Å². The molecule has 1 N–H and O–H groups in total. The third-order valence-electron chi connectivity index (χ3n) is 1.18. The highest BCUT2D eigenvalue weighted by atomic mass is 16.5. The number of hydrogen-bond donors (Lipinski definition) is 1. The first-order valence-corrected chi connectivity index (χ1v) is 3.41. The topological polar surface area (TPSA) is 71.2 Å². The third kappa shape index (κ3) is 3.70. The molecule has 0 amide bonds. The lowest BCUT2D eigenvalue weighted by Gasteiger charge is -2.02. The number of methoxy groups -OCH3 is 1. The van der Waals surface area contributed by atoms with Gasteiger partial charge in [-0.1, -0.05) is 5.16 Å². The molecule has 0 saturated carbocycles. The molecule has 0 aliphatic rings. The van der Waals surface area contributed by atoms with Gasteiger partial charge in [-0.05, 0) is 13.8 Å². The van der Waals surface area contributed by atoms with Gasteiger partial charge in [0, 0.05) is 0 Å². The quantitative estimate of drug-likeness (QED) is 0.291. The van der Waals surface area contributed by atoms with Gasteiger partial charge in [-0.2, -0.15) is 0 Å². The van der Waals surface area contributed by atoms with Crippen molar-refractivity contribution in [3.05, 3.63) is 0 Å². The second kappa shape index (κ2) is 5.29. The van der Waals surface area contributed by atoms with Crippen molar-refractivity contribution in [2.75, 3.05) is 7.11 Å². The van der Waals surface area contributed by atoms with E-state index in [2.05, 4.69) is 14.9 Å². The predicted molar refractivity (Wildman–Crippen MR) is 44.9 cm³/mol. The van der Waals surface area contributed by atoms with Gasteiger partial charge in [-0.25, -0.2) is 4.79 Å².